The van der Waals surface area contributed by atoms with E-state index >= 15 is 0 Å². The van der Waals surface area contributed by atoms with E-state index in [1.165, 1.54) is 0 Å². The van der Waals surface area contributed by atoms with Gasteiger partial charge in [0.15, 0.2) is 0 Å². The highest BCUT2D eigenvalue weighted by atomic mass is 79.9. The summed E-state index contributed by atoms with van der Waals surface area (Å²) < 4.78 is 0.993. The molecule has 0 aromatic heterocycles. The van der Waals surface area contributed by atoms with E-state index in [9.17, 15) is 4.79 Å². The normalized spacial score (nSPS) is 10.5. The summed E-state index contributed by atoms with van der Waals surface area (Å²) in [5.41, 5.74) is 2.65. The molecule has 0 bridgehead atoms. The largest absolute Gasteiger partial charge is 0.352 e. The highest BCUT2D eigenvalue weighted by molar-refractivity contribution is 9.10. The van der Waals surface area contributed by atoms with Crippen molar-refractivity contribution in [1.29, 1.82) is 0 Å². The smallest absolute Gasteiger partial charge is 0.251 e. The van der Waals surface area contributed by atoms with Crippen molar-refractivity contribution in [2.24, 2.45) is 0 Å². The lowest BCUT2D eigenvalue weighted by atomic mass is 10.1. The fourth-order valence-corrected chi connectivity index (χ4v) is 2.67. The number of carbonyl (C=O) groups is 1. The Morgan fingerprint density at radius 3 is 2.62 bits per heavy atom. The zero-order chi connectivity index (χ0) is 15.4. The molecule has 1 N–H and O–H groups in total. The Morgan fingerprint density at radius 2 is 1.95 bits per heavy atom. The zero-order valence-electron chi connectivity index (χ0n) is 11.4. The number of halogens is 3. The second-order valence-corrected chi connectivity index (χ2v) is 6.40. The van der Waals surface area contributed by atoms with Crippen LogP contribution >= 0.6 is 39.1 Å². The monoisotopic (exact) mass is 385 g/mol. The number of rotatable bonds is 4. The summed E-state index contributed by atoms with van der Waals surface area (Å²) in [7, 11) is 0. The lowest BCUT2D eigenvalue weighted by Gasteiger charge is -2.08. The molecular weight excluding hydrogens is 373 g/mol. The molecule has 5 heteroatoms. The molecule has 0 aliphatic carbocycles. The summed E-state index contributed by atoms with van der Waals surface area (Å²) >= 11 is 15.4. The third kappa shape index (κ3) is 4.47. The van der Waals surface area contributed by atoms with E-state index in [-0.39, 0.29) is 5.91 Å². The first-order valence-electron chi connectivity index (χ1n) is 6.45. The molecule has 1 amide bonds. The number of hydrogen-bond acceptors (Lipinski definition) is 1. The van der Waals surface area contributed by atoms with Crippen LogP contribution in [0.3, 0.4) is 0 Å². The molecule has 0 aliphatic rings. The standard InChI is InChI=1S/C16H14BrCl2NO/c1-10-8-12(3-5-14(10)17)16(21)20-7-6-11-2-4-13(18)9-15(11)19/h2-5,8-9H,6-7H2,1H3,(H,20,21). The fraction of sp³-hybridized carbons (Fsp3) is 0.188. The number of carbonyl (C=O) groups excluding carboxylic acids is 1. The van der Waals surface area contributed by atoms with Crippen molar-refractivity contribution >= 4 is 45.0 Å². The summed E-state index contributed by atoms with van der Waals surface area (Å²) in [4.78, 5) is 12.1. The second kappa shape index (κ2) is 7.30. The van der Waals surface area contributed by atoms with E-state index in [0.717, 1.165) is 15.6 Å². The zero-order valence-corrected chi connectivity index (χ0v) is 14.5. The Kier molecular flexibility index (Phi) is 5.68. The molecule has 2 nitrogen and oxygen atoms in total. The maximum atomic E-state index is 12.1. The van der Waals surface area contributed by atoms with Gasteiger partial charge in [-0.25, -0.2) is 0 Å². The fourth-order valence-electron chi connectivity index (χ4n) is 1.92. The van der Waals surface area contributed by atoms with Crippen LogP contribution in [0.4, 0.5) is 0 Å². The Bertz CT molecular complexity index is 673. The van der Waals surface area contributed by atoms with Crippen LogP contribution in [0.25, 0.3) is 0 Å². The molecule has 110 valence electrons. The molecule has 0 saturated heterocycles. The number of benzene rings is 2. The average Bonchev–Trinajstić information content (AvgIpc) is 2.44. The first-order chi connectivity index (χ1) is 9.97. The van der Waals surface area contributed by atoms with E-state index in [2.05, 4.69) is 21.2 Å². The van der Waals surface area contributed by atoms with Gasteiger partial charge in [0, 0.05) is 26.6 Å². The van der Waals surface area contributed by atoms with Gasteiger partial charge in [0.05, 0.1) is 0 Å². The van der Waals surface area contributed by atoms with Gasteiger partial charge in [0.2, 0.25) is 0 Å². The van der Waals surface area contributed by atoms with E-state index < -0.39 is 0 Å². The summed E-state index contributed by atoms with van der Waals surface area (Å²) in [5.74, 6) is -0.0873. The minimum Gasteiger partial charge on any atom is -0.352 e. The van der Waals surface area contributed by atoms with Crippen molar-refractivity contribution in [1.82, 2.24) is 5.32 Å². The van der Waals surface area contributed by atoms with Crippen molar-refractivity contribution in [2.45, 2.75) is 13.3 Å². The highest BCUT2D eigenvalue weighted by Crippen LogP contribution is 2.21. The predicted molar refractivity (Wildman–Crippen MR) is 91.4 cm³/mol. The molecule has 2 rings (SSSR count). The molecule has 0 saturated carbocycles. The Hall–Kier alpha value is -1.03. The summed E-state index contributed by atoms with van der Waals surface area (Å²) in [5, 5.41) is 4.12. The SMILES string of the molecule is Cc1cc(C(=O)NCCc2ccc(Cl)cc2Cl)ccc1Br. The van der Waals surface area contributed by atoms with Gasteiger partial charge >= 0.3 is 0 Å². The minimum absolute atomic E-state index is 0.0873. The van der Waals surface area contributed by atoms with Crippen molar-refractivity contribution in [3.63, 3.8) is 0 Å². The van der Waals surface area contributed by atoms with Crippen molar-refractivity contribution in [3.8, 4) is 0 Å². The van der Waals surface area contributed by atoms with E-state index in [0.29, 0.717) is 28.6 Å². The topological polar surface area (TPSA) is 29.1 Å². The predicted octanol–water partition coefficient (Wildman–Crippen LogP) is 5.04. The third-order valence-corrected chi connectivity index (χ3v) is 4.59. The lowest BCUT2D eigenvalue weighted by Crippen LogP contribution is -2.25. The van der Waals surface area contributed by atoms with Crippen molar-refractivity contribution in [3.05, 3.63) is 67.6 Å². The maximum Gasteiger partial charge on any atom is 0.251 e. The van der Waals surface area contributed by atoms with E-state index in [1.54, 1.807) is 18.2 Å². The molecule has 0 radical (unpaired) electrons. The third-order valence-electron chi connectivity index (χ3n) is 3.12. The van der Waals surface area contributed by atoms with Crippen molar-refractivity contribution in [2.75, 3.05) is 6.54 Å². The minimum atomic E-state index is -0.0873. The van der Waals surface area contributed by atoms with Crippen LogP contribution in [0.15, 0.2) is 40.9 Å². The Balaban J connectivity index is 1.93. The van der Waals surface area contributed by atoms with Crippen LogP contribution in [-0.2, 0) is 6.42 Å². The van der Waals surface area contributed by atoms with Crippen LogP contribution in [0, 0.1) is 6.92 Å². The summed E-state index contributed by atoms with van der Waals surface area (Å²) in [6, 6.07) is 10.9. The molecule has 0 spiro atoms. The number of nitrogens with one attached hydrogen (secondary N) is 1. The molecule has 2 aromatic rings. The van der Waals surface area contributed by atoms with E-state index in [4.69, 9.17) is 23.2 Å². The van der Waals surface area contributed by atoms with Gasteiger partial charge in [0.25, 0.3) is 5.91 Å². The molecule has 0 unspecified atom stereocenters. The van der Waals surface area contributed by atoms with Crippen LogP contribution in [0.1, 0.15) is 21.5 Å². The average molecular weight is 387 g/mol. The summed E-state index contributed by atoms with van der Waals surface area (Å²) in [6.07, 6.45) is 0.664. The molecule has 0 aliphatic heterocycles. The van der Waals surface area contributed by atoms with E-state index in [1.807, 2.05) is 25.1 Å². The van der Waals surface area contributed by atoms with Crippen LogP contribution in [0.5, 0.6) is 0 Å². The number of aryl methyl sites for hydroxylation is 1. The Morgan fingerprint density at radius 1 is 1.19 bits per heavy atom. The van der Waals surface area contributed by atoms with Crippen LogP contribution < -0.4 is 5.32 Å². The molecule has 2 aromatic carbocycles. The summed E-state index contributed by atoms with van der Waals surface area (Å²) in [6.45, 7) is 2.48. The van der Waals surface area contributed by atoms with Gasteiger partial charge in [-0.3, -0.25) is 4.79 Å². The van der Waals surface area contributed by atoms with Crippen LogP contribution in [-0.4, -0.2) is 12.5 Å². The second-order valence-electron chi connectivity index (χ2n) is 4.71. The molecular formula is C16H14BrCl2NO. The van der Waals surface area contributed by atoms with Gasteiger partial charge < -0.3 is 5.32 Å². The number of amides is 1. The lowest BCUT2D eigenvalue weighted by molar-refractivity contribution is 0.0954. The van der Waals surface area contributed by atoms with Gasteiger partial charge in [-0.1, -0.05) is 45.2 Å². The van der Waals surface area contributed by atoms with Gasteiger partial charge in [0.1, 0.15) is 0 Å². The first kappa shape index (κ1) is 16.3. The van der Waals surface area contributed by atoms with Gasteiger partial charge in [-0.15, -0.1) is 0 Å². The highest BCUT2D eigenvalue weighted by Gasteiger charge is 2.07. The van der Waals surface area contributed by atoms with Crippen LogP contribution in [0.2, 0.25) is 10.0 Å². The maximum absolute atomic E-state index is 12.1. The first-order valence-corrected chi connectivity index (χ1v) is 8.00. The number of hydrogen-bond donors (Lipinski definition) is 1. The van der Waals surface area contributed by atoms with Crippen molar-refractivity contribution < 1.29 is 4.79 Å². The Labute approximate surface area is 142 Å². The molecule has 0 fully saturated rings. The molecule has 0 heterocycles. The van der Waals surface area contributed by atoms with Gasteiger partial charge in [-0.2, -0.15) is 0 Å². The molecule has 0 atom stereocenters. The van der Waals surface area contributed by atoms with Gasteiger partial charge in [-0.05, 0) is 54.8 Å². The quantitative estimate of drug-likeness (QED) is 0.783. The molecule has 21 heavy (non-hydrogen) atoms.